The molecule has 1 aliphatic heterocycles. The Morgan fingerprint density at radius 2 is 2.06 bits per heavy atom. The van der Waals surface area contributed by atoms with Gasteiger partial charge in [0.2, 0.25) is 6.79 Å². The molecule has 1 fully saturated rings. The van der Waals surface area contributed by atoms with Crippen molar-refractivity contribution in [3.05, 3.63) is 23.8 Å². The maximum absolute atomic E-state index is 10.3. The molecule has 0 bridgehead atoms. The van der Waals surface area contributed by atoms with Crippen LogP contribution in [0.5, 0.6) is 11.5 Å². The zero-order chi connectivity index (χ0) is 11.9. The molecule has 2 aliphatic rings. The molecule has 0 spiro atoms. The molecule has 1 saturated carbocycles. The van der Waals surface area contributed by atoms with Crippen LogP contribution in [0.15, 0.2) is 18.2 Å². The van der Waals surface area contributed by atoms with E-state index < -0.39 is 11.5 Å². The number of aliphatic hydroxyl groups excluding tert-OH is 1. The zero-order valence-electron chi connectivity index (χ0n) is 9.35. The summed E-state index contributed by atoms with van der Waals surface area (Å²) in [4.78, 5) is 0. The molecule has 0 aromatic heterocycles. The first-order chi connectivity index (χ1) is 8.25. The third-order valence-electron chi connectivity index (χ3n) is 3.70. The maximum atomic E-state index is 10.3. The zero-order valence-corrected chi connectivity index (χ0v) is 9.35. The first kappa shape index (κ1) is 10.4. The quantitative estimate of drug-likeness (QED) is 0.847. The average molecular weight is 231 g/mol. The summed E-state index contributed by atoms with van der Waals surface area (Å²) in [6.45, 7) is 0.221. The largest absolute Gasteiger partial charge is 0.454 e. The van der Waals surface area contributed by atoms with Crippen LogP contribution in [0.25, 0.3) is 0 Å². The van der Waals surface area contributed by atoms with Gasteiger partial charge < -0.3 is 14.6 Å². The van der Waals surface area contributed by atoms with Gasteiger partial charge in [-0.1, -0.05) is 12.5 Å². The fourth-order valence-corrected chi connectivity index (χ4v) is 2.41. The van der Waals surface area contributed by atoms with E-state index in [0.29, 0.717) is 11.5 Å². The van der Waals surface area contributed by atoms with E-state index in [1.165, 1.54) is 0 Å². The van der Waals surface area contributed by atoms with Crippen LogP contribution in [0.2, 0.25) is 0 Å². The molecule has 1 heterocycles. The SMILES string of the molecule is N#CC1(C(O)c2ccc3c(c2)OCO3)CCC1. The molecule has 1 aromatic carbocycles. The van der Waals surface area contributed by atoms with Crippen LogP contribution in [0, 0.1) is 16.7 Å². The number of hydrogen-bond acceptors (Lipinski definition) is 4. The van der Waals surface area contributed by atoms with Gasteiger partial charge in [-0.2, -0.15) is 5.26 Å². The standard InChI is InChI=1S/C13H13NO3/c14-7-13(4-1-5-13)12(15)9-2-3-10-11(6-9)17-8-16-10/h2-3,6,12,15H,1,4-5,8H2. The lowest BCUT2D eigenvalue weighted by molar-refractivity contribution is 0.00785. The summed E-state index contributed by atoms with van der Waals surface area (Å²) in [6.07, 6.45) is 1.80. The van der Waals surface area contributed by atoms with Crippen molar-refractivity contribution in [2.24, 2.45) is 5.41 Å². The van der Waals surface area contributed by atoms with Crippen LogP contribution in [-0.2, 0) is 0 Å². The van der Waals surface area contributed by atoms with Gasteiger partial charge in [-0.05, 0) is 30.5 Å². The molecule has 1 aliphatic carbocycles. The number of nitrogens with zero attached hydrogens (tertiary/aromatic N) is 1. The summed E-state index contributed by atoms with van der Waals surface area (Å²) >= 11 is 0. The average Bonchev–Trinajstić information content (AvgIpc) is 2.74. The van der Waals surface area contributed by atoms with E-state index in [-0.39, 0.29) is 6.79 Å². The molecule has 1 unspecified atom stereocenters. The van der Waals surface area contributed by atoms with Crippen molar-refractivity contribution in [1.82, 2.24) is 0 Å². The highest BCUT2D eigenvalue weighted by Gasteiger charge is 2.44. The van der Waals surface area contributed by atoms with Gasteiger partial charge in [-0.15, -0.1) is 0 Å². The highest BCUT2D eigenvalue weighted by atomic mass is 16.7. The van der Waals surface area contributed by atoms with E-state index in [0.717, 1.165) is 24.8 Å². The van der Waals surface area contributed by atoms with Gasteiger partial charge >= 0.3 is 0 Å². The Kier molecular flexibility index (Phi) is 2.23. The second kappa shape index (κ2) is 3.64. The number of ether oxygens (including phenoxy) is 2. The van der Waals surface area contributed by atoms with Crippen LogP contribution in [0.3, 0.4) is 0 Å². The number of nitriles is 1. The Morgan fingerprint density at radius 3 is 2.71 bits per heavy atom. The topological polar surface area (TPSA) is 62.5 Å². The Bertz CT molecular complexity index is 488. The van der Waals surface area contributed by atoms with Crippen molar-refractivity contribution in [2.45, 2.75) is 25.4 Å². The molecule has 1 aromatic rings. The van der Waals surface area contributed by atoms with Crippen molar-refractivity contribution in [3.8, 4) is 17.6 Å². The predicted octanol–water partition coefficient (Wildman–Crippen LogP) is 2.14. The lowest BCUT2D eigenvalue weighted by atomic mass is 9.64. The van der Waals surface area contributed by atoms with Gasteiger partial charge in [0, 0.05) is 0 Å². The Hall–Kier alpha value is -1.73. The van der Waals surface area contributed by atoms with Crippen LogP contribution in [0.4, 0.5) is 0 Å². The molecular weight excluding hydrogens is 218 g/mol. The summed E-state index contributed by atoms with van der Waals surface area (Å²) in [5.74, 6) is 1.34. The molecule has 1 atom stereocenters. The molecule has 0 amide bonds. The number of hydrogen-bond donors (Lipinski definition) is 1. The third kappa shape index (κ3) is 1.47. The minimum absolute atomic E-state index is 0.221. The third-order valence-corrected chi connectivity index (χ3v) is 3.70. The normalized spacial score (nSPS) is 21.4. The van der Waals surface area contributed by atoms with E-state index in [2.05, 4.69) is 6.07 Å². The minimum atomic E-state index is -0.740. The van der Waals surface area contributed by atoms with Gasteiger partial charge in [-0.25, -0.2) is 0 Å². The first-order valence-electron chi connectivity index (χ1n) is 5.74. The Morgan fingerprint density at radius 1 is 1.29 bits per heavy atom. The van der Waals surface area contributed by atoms with Gasteiger partial charge in [0.1, 0.15) is 0 Å². The van der Waals surface area contributed by atoms with Crippen LogP contribution in [0.1, 0.15) is 30.9 Å². The minimum Gasteiger partial charge on any atom is -0.454 e. The van der Waals surface area contributed by atoms with E-state index in [4.69, 9.17) is 9.47 Å². The molecule has 3 rings (SSSR count). The van der Waals surface area contributed by atoms with E-state index >= 15 is 0 Å². The fraction of sp³-hybridized carbons (Fsp3) is 0.462. The van der Waals surface area contributed by atoms with Crippen molar-refractivity contribution in [1.29, 1.82) is 5.26 Å². The van der Waals surface area contributed by atoms with Gasteiger partial charge in [0.05, 0.1) is 17.6 Å². The monoisotopic (exact) mass is 231 g/mol. The molecule has 17 heavy (non-hydrogen) atoms. The summed E-state index contributed by atoms with van der Waals surface area (Å²) in [5.41, 5.74) is 0.128. The summed E-state index contributed by atoms with van der Waals surface area (Å²) in [6, 6.07) is 7.61. The molecule has 1 N–H and O–H groups in total. The van der Waals surface area contributed by atoms with Crippen LogP contribution >= 0.6 is 0 Å². The summed E-state index contributed by atoms with van der Waals surface area (Å²) in [7, 11) is 0. The van der Waals surface area contributed by atoms with Crippen molar-refractivity contribution in [2.75, 3.05) is 6.79 Å². The van der Waals surface area contributed by atoms with Gasteiger partial charge in [0.25, 0.3) is 0 Å². The highest BCUT2D eigenvalue weighted by Crippen LogP contribution is 2.50. The second-order valence-corrected chi connectivity index (χ2v) is 4.64. The van der Waals surface area contributed by atoms with Gasteiger partial charge in [-0.3, -0.25) is 0 Å². The first-order valence-corrected chi connectivity index (χ1v) is 5.74. The number of fused-ring (bicyclic) bond motifs is 1. The van der Waals surface area contributed by atoms with Gasteiger partial charge in [0.15, 0.2) is 11.5 Å². The van der Waals surface area contributed by atoms with E-state index in [9.17, 15) is 10.4 Å². The van der Waals surface area contributed by atoms with Crippen molar-refractivity contribution < 1.29 is 14.6 Å². The van der Waals surface area contributed by atoms with E-state index in [1.807, 2.05) is 0 Å². The molecule has 0 radical (unpaired) electrons. The number of benzene rings is 1. The lowest BCUT2D eigenvalue weighted by Gasteiger charge is -2.39. The smallest absolute Gasteiger partial charge is 0.231 e. The maximum Gasteiger partial charge on any atom is 0.231 e. The molecule has 0 saturated heterocycles. The van der Waals surface area contributed by atoms with E-state index in [1.54, 1.807) is 18.2 Å². The van der Waals surface area contributed by atoms with Crippen molar-refractivity contribution in [3.63, 3.8) is 0 Å². The number of rotatable bonds is 2. The number of aliphatic hydroxyl groups is 1. The predicted molar refractivity (Wildman–Crippen MR) is 59.4 cm³/mol. The Labute approximate surface area is 99.4 Å². The summed E-state index contributed by atoms with van der Waals surface area (Å²) in [5, 5.41) is 19.5. The van der Waals surface area contributed by atoms with Crippen molar-refractivity contribution >= 4 is 0 Å². The molecule has 4 heteroatoms. The highest BCUT2D eigenvalue weighted by molar-refractivity contribution is 5.45. The molecule has 88 valence electrons. The van der Waals surface area contributed by atoms with Crippen LogP contribution < -0.4 is 9.47 Å². The fourth-order valence-electron chi connectivity index (χ4n) is 2.41. The molecular formula is C13H13NO3. The lowest BCUT2D eigenvalue weighted by Crippen LogP contribution is -2.34. The van der Waals surface area contributed by atoms with Crippen LogP contribution in [-0.4, -0.2) is 11.9 Å². The molecule has 4 nitrogen and oxygen atoms in total. The Balaban J connectivity index is 1.92. The second-order valence-electron chi connectivity index (χ2n) is 4.64. The summed E-state index contributed by atoms with van der Waals surface area (Å²) < 4.78 is 10.5.